The van der Waals surface area contributed by atoms with Crippen molar-refractivity contribution in [3.63, 3.8) is 0 Å². The van der Waals surface area contributed by atoms with Crippen molar-refractivity contribution < 1.29 is 14.6 Å². The molecule has 0 saturated heterocycles. The van der Waals surface area contributed by atoms with Gasteiger partial charge in [-0.3, -0.25) is 0 Å². The normalized spacial score (nSPS) is 22.6. The van der Waals surface area contributed by atoms with Gasteiger partial charge in [-0.1, -0.05) is 19.8 Å². The van der Waals surface area contributed by atoms with Crippen LogP contribution < -0.4 is 14.8 Å². The van der Waals surface area contributed by atoms with Gasteiger partial charge in [0.2, 0.25) is 5.75 Å². The fraction of sp³-hybridized carbons (Fsp3) is 0.647. The Morgan fingerprint density at radius 3 is 2.38 bits per heavy atom. The molecule has 0 aliphatic heterocycles. The molecule has 1 aromatic carbocycles. The molecule has 0 spiro atoms. The molecule has 4 heteroatoms. The summed E-state index contributed by atoms with van der Waals surface area (Å²) in [7, 11) is 3.11. The molecule has 0 bridgehead atoms. The van der Waals surface area contributed by atoms with Crippen molar-refractivity contribution in [2.45, 2.75) is 51.6 Å². The van der Waals surface area contributed by atoms with E-state index in [1.165, 1.54) is 32.1 Å². The van der Waals surface area contributed by atoms with Crippen molar-refractivity contribution in [2.75, 3.05) is 14.2 Å². The Balaban J connectivity index is 1.99. The summed E-state index contributed by atoms with van der Waals surface area (Å²) in [6.45, 7) is 3.12. The van der Waals surface area contributed by atoms with E-state index in [1.54, 1.807) is 14.2 Å². The van der Waals surface area contributed by atoms with E-state index in [0.29, 0.717) is 17.5 Å². The number of methoxy groups -OCH3 is 2. The molecular weight excluding hydrogens is 266 g/mol. The standard InChI is InChI=1S/C17H27NO3/c1-12-5-4-6-14(8-7-12)18-11-13-9-15(20-2)17(19)16(10-13)21-3/h9-10,12,14,18-19H,4-8,11H2,1-3H3. The Labute approximate surface area is 127 Å². The van der Waals surface area contributed by atoms with Crippen LogP contribution >= 0.6 is 0 Å². The Morgan fingerprint density at radius 2 is 1.76 bits per heavy atom. The highest BCUT2D eigenvalue weighted by molar-refractivity contribution is 5.52. The molecule has 0 amide bonds. The van der Waals surface area contributed by atoms with E-state index in [-0.39, 0.29) is 5.75 Å². The second kappa shape index (κ2) is 7.55. The van der Waals surface area contributed by atoms with Gasteiger partial charge in [0, 0.05) is 12.6 Å². The lowest BCUT2D eigenvalue weighted by Crippen LogP contribution is -2.28. The molecule has 0 radical (unpaired) electrons. The number of aromatic hydroxyl groups is 1. The molecule has 1 fully saturated rings. The van der Waals surface area contributed by atoms with Crippen LogP contribution in [0.5, 0.6) is 17.2 Å². The fourth-order valence-corrected chi connectivity index (χ4v) is 3.00. The molecule has 2 unspecified atom stereocenters. The first-order chi connectivity index (χ1) is 10.1. The molecular formula is C17H27NO3. The minimum atomic E-state index is 0.0621. The summed E-state index contributed by atoms with van der Waals surface area (Å²) in [5.41, 5.74) is 1.07. The predicted octanol–water partition coefficient (Wildman–Crippen LogP) is 3.47. The molecule has 1 aliphatic rings. The minimum absolute atomic E-state index is 0.0621. The van der Waals surface area contributed by atoms with Crippen LogP contribution in [0.4, 0.5) is 0 Å². The zero-order chi connectivity index (χ0) is 15.2. The van der Waals surface area contributed by atoms with E-state index in [9.17, 15) is 5.11 Å². The van der Waals surface area contributed by atoms with Crippen molar-refractivity contribution >= 4 is 0 Å². The Hall–Kier alpha value is -1.42. The van der Waals surface area contributed by atoms with E-state index in [2.05, 4.69) is 12.2 Å². The lowest BCUT2D eigenvalue weighted by Gasteiger charge is -2.17. The molecule has 4 nitrogen and oxygen atoms in total. The summed E-state index contributed by atoms with van der Waals surface area (Å²) in [5, 5.41) is 13.6. The minimum Gasteiger partial charge on any atom is -0.502 e. The summed E-state index contributed by atoms with van der Waals surface area (Å²) in [6.07, 6.45) is 6.45. The van der Waals surface area contributed by atoms with Gasteiger partial charge in [0.1, 0.15) is 0 Å². The number of hydrogen-bond donors (Lipinski definition) is 2. The SMILES string of the molecule is COc1cc(CNC2CCCC(C)CC2)cc(OC)c1O. The summed E-state index contributed by atoms with van der Waals surface area (Å²) in [6, 6.07) is 4.31. The van der Waals surface area contributed by atoms with E-state index in [0.717, 1.165) is 18.0 Å². The Bertz CT molecular complexity index is 436. The summed E-state index contributed by atoms with van der Waals surface area (Å²) in [5.74, 6) is 1.83. The van der Waals surface area contributed by atoms with Gasteiger partial charge in [0.25, 0.3) is 0 Å². The van der Waals surface area contributed by atoms with Crippen molar-refractivity contribution in [2.24, 2.45) is 5.92 Å². The molecule has 0 aromatic heterocycles. The number of nitrogens with one attached hydrogen (secondary N) is 1. The van der Waals surface area contributed by atoms with Crippen LogP contribution in [0.2, 0.25) is 0 Å². The second-order valence-corrected chi connectivity index (χ2v) is 6.04. The lowest BCUT2D eigenvalue weighted by atomic mass is 10.0. The third-order valence-electron chi connectivity index (χ3n) is 4.39. The average Bonchev–Trinajstić information content (AvgIpc) is 2.70. The number of ether oxygens (including phenoxy) is 2. The Kier molecular flexibility index (Phi) is 5.74. The maximum atomic E-state index is 9.93. The van der Waals surface area contributed by atoms with Crippen LogP contribution in [0.25, 0.3) is 0 Å². The highest BCUT2D eigenvalue weighted by Crippen LogP contribution is 2.37. The summed E-state index contributed by atoms with van der Waals surface area (Å²) < 4.78 is 10.4. The Morgan fingerprint density at radius 1 is 1.10 bits per heavy atom. The largest absolute Gasteiger partial charge is 0.502 e. The molecule has 1 saturated carbocycles. The monoisotopic (exact) mass is 293 g/mol. The molecule has 21 heavy (non-hydrogen) atoms. The summed E-state index contributed by atoms with van der Waals surface area (Å²) >= 11 is 0. The van der Waals surface area contributed by atoms with Gasteiger partial charge >= 0.3 is 0 Å². The van der Waals surface area contributed by atoms with Gasteiger partial charge in [0.15, 0.2) is 11.5 Å². The van der Waals surface area contributed by atoms with Gasteiger partial charge in [0.05, 0.1) is 14.2 Å². The molecule has 1 aromatic rings. The number of rotatable bonds is 5. The molecule has 2 N–H and O–H groups in total. The number of phenolic OH excluding ortho intramolecular Hbond substituents is 1. The fourth-order valence-electron chi connectivity index (χ4n) is 3.00. The number of phenols is 1. The number of hydrogen-bond acceptors (Lipinski definition) is 4. The first-order valence-electron chi connectivity index (χ1n) is 7.81. The average molecular weight is 293 g/mol. The molecule has 2 rings (SSSR count). The maximum Gasteiger partial charge on any atom is 0.200 e. The third-order valence-corrected chi connectivity index (χ3v) is 4.39. The van der Waals surface area contributed by atoms with Gasteiger partial charge in [-0.15, -0.1) is 0 Å². The van der Waals surface area contributed by atoms with Crippen molar-refractivity contribution in [3.05, 3.63) is 17.7 Å². The van der Waals surface area contributed by atoms with E-state index in [4.69, 9.17) is 9.47 Å². The summed E-state index contributed by atoms with van der Waals surface area (Å²) in [4.78, 5) is 0. The molecule has 0 heterocycles. The van der Waals surface area contributed by atoms with Crippen LogP contribution in [0.15, 0.2) is 12.1 Å². The quantitative estimate of drug-likeness (QED) is 0.816. The van der Waals surface area contributed by atoms with Gasteiger partial charge in [-0.05, 0) is 42.9 Å². The van der Waals surface area contributed by atoms with Crippen LogP contribution in [-0.2, 0) is 6.54 Å². The zero-order valence-corrected chi connectivity index (χ0v) is 13.3. The van der Waals surface area contributed by atoms with Crippen molar-refractivity contribution in [1.82, 2.24) is 5.32 Å². The first-order valence-corrected chi connectivity index (χ1v) is 7.81. The zero-order valence-electron chi connectivity index (χ0n) is 13.3. The first kappa shape index (κ1) is 16.0. The molecule has 118 valence electrons. The van der Waals surface area contributed by atoms with E-state index >= 15 is 0 Å². The maximum absolute atomic E-state index is 9.93. The van der Waals surface area contributed by atoms with Crippen LogP contribution in [0.1, 0.15) is 44.6 Å². The van der Waals surface area contributed by atoms with Crippen LogP contribution in [0.3, 0.4) is 0 Å². The highest BCUT2D eigenvalue weighted by Gasteiger charge is 2.16. The van der Waals surface area contributed by atoms with Gasteiger partial charge in [-0.2, -0.15) is 0 Å². The van der Waals surface area contributed by atoms with Crippen LogP contribution in [0, 0.1) is 5.92 Å². The topological polar surface area (TPSA) is 50.7 Å². The predicted molar refractivity (Wildman–Crippen MR) is 84.1 cm³/mol. The van der Waals surface area contributed by atoms with Crippen molar-refractivity contribution in [1.29, 1.82) is 0 Å². The van der Waals surface area contributed by atoms with E-state index < -0.39 is 0 Å². The third kappa shape index (κ3) is 4.27. The van der Waals surface area contributed by atoms with Gasteiger partial charge in [-0.25, -0.2) is 0 Å². The lowest BCUT2D eigenvalue weighted by molar-refractivity contribution is 0.338. The van der Waals surface area contributed by atoms with Gasteiger partial charge < -0.3 is 19.9 Å². The smallest absolute Gasteiger partial charge is 0.200 e. The number of benzene rings is 1. The van der Waals surface area contributed by atoms with Crippen LogP contribution in [-0.4, -0.2) is 25.4 Å². The van der Waals surface area contributed by atoms with E-state index in [1.807, 2.05) is 12.1 Å². The highest BCUT2D eigenvalue weighted by atomic mass is 16.5. The molecule has 2 atom stereocenters. The molecule has 1 aliphatic carbocycles. The van der Waals surface area contributed by atoms with Crippen molar-refractivity contribution in [3.8, 4) is 17.2 Å². The second-order valence-electron chi connectivity index (χ2n) is 6.04.